The maximum absolute atomic E-state index is 5.69. The molecule has 1 heterocycles. The first kappa shape index (κ1) is 10.6. The lowest BCUT2D eigenvalue weighted by molar-refractivity contribution is 0.390. The van der Waals surface area contributed by atoms with Gasteiger partial charge in [-0.05, 0) is 5.41 Å². The number of nitrogens with two attached hydrogens (primary N) is 1. The molecule has 2 N–H and O–H groups in total. The van der Waals surface area contributed by atoms with Crippen molar-refractivity contribution in [2.75, 3.05) is 6.54 Å². The number of thioether (sulfide) groups is 1. The molecule has 3 nitrogen and oxygen atoms in total. The van der Waals surface area contributed by atoms with Crippen molar-refractivity contribution in [1.29, 1.82) is 0 Å². The molecule has 0 spiro atoms. The van der Waals surface area contributed by atoms with Gasteiger partial charge in [0, 0.05) is 11.8 Å². The molecule has 0 amide bonds. The van der Waals surface area contributed by atoms with Gasteiger partial charge >= 0.3 is 0 Å². The van der Waals surface area contributed by atoms with Crippen molar-refractivity contribution in [2.24, 2.45) is 11.1 Å². The van der Waals surface area contributed by atoms with Crippen molar-refractivity contribution in [3.05, 3.63) is 12.5 Å². The Bertz CT molecular complexity index is 241. The predicted molar refractivity (Wildman–Crippen MR) is 54.7 cm³/mol. The van der Waals surface area contributed by atoms with Gasteiger partial charge < -0.3 is 10.2 Å². The summed E-state index contributed by atoms with van der Waals surface area (Å²) in [5.74, 6) is 0. The Morgan fingerprint density at radius 3 is 2.69 bits per heavy atom. The number of hydrogen-bond acceptors (Lipinski definition) is 4. The fourth-order valence-corrected chi connectivity index (χ4v) is 1.89. The number of oxazole rings is 1. The van der Waals surface area contributed by atoms with E-state index >= 15 is 0 Å². The Hall–Kier alpha value is -0.480. The molecule has 1 unspecified atom stereocenters. The van der Waals surface area contributed by atoms with Crippen LogP contribution < -0.4 is 5.73 Å². The van der Waals surface area contributed by atoms with Crippen LogP contribution in [0, 0.1) is 5.41 Å². The lowest BCUT2D eigenvalue weighted by Gasteiger charge is -2.27. The molecule has 1 rings (SSSR count). The standard InChI is InChI=1S/C9H16N2OS/c1-9(2,3)7(6-10)13-8-11-4-5-12-8/h4-5,7H,6,10H2,1-3H3. The first-order chi connectivity index (χ1) is 6.04. The van der Waals surface area contributed by atoms with Gasteiger partial charge in [-0.3, -0.25) is 0 Å². The zero-order valence-corrected chi connectivity index (χ0v) is 9.10. The highest BCUT2D eigenvalue weighted by Gasteiger charge is 2.25. The quantitative estimate of drug-likeness (QED) is 0.759. The fraction of sp³-hybridized carbons (Fsp3) is 0.667. The smallest absolute Gasteiger partial charge is 0.255 e. The first-order valence-electron chi connectivity index (χ1n) is 4.30. The number of nitrogens with zero attached hydrogens (tertiary/aromatic N) is 1. The monoisotopic (exact) mass is 200 g/mol. The summed E-state index contributed by atoms with van der Waals surface area (Å²) in [6.07, 6.45) is 3.23. The van der Waals surface area contributed by atoms with Crippen LogP contribution in [0.15, 0.2) is 22.1 Å². The average Bonchev–Trinajstić information content (AvgIpc) is 2.49. The highest BCUT2D eigenvalue weighted by atomic mass is 32.2. The second-order valence-electron chi connectivity index (χ2n) is 4.01. The molecule has 13 heavy (non-hydrogen) atoms. The highest BCUT2D eigenvalue weighted by molar-refractivity contribution is 7.99. The van der Waals surface area contributed by atoms with E-state index in [0.29, 0.717) is 17.0 Å². The van der Waals surface area contributed by atoms with Gasteiger partial charge in [-0.1, -0.05) is 32.5 Å². The minimum absolute atomic E-state index is 0.174. The summed E-state index contributed by atoms with van der Waals surface area (Å²) in [6, 6.07) is 0. The van der Waals surface area contributed by atoms with Gasteiger partial charge in [-0.2, -0.15) is 0 Å². The van der Waals surface area contributed by atoms with Gasteiger partial charge in [0.15, 0.2) is 0 Å². The van der Waals surface area contributed by atoms with Crippen LogP contribution in [0.5, 0.6) is 0 Å². The Balaban J connectivity index is 2.60. The lowest BCUT2D eigenvalue weighted by Crippen LogP contribution is -2.30. The van der Waals surface area contributed by atoms with Crippen molar-refractivity contribution in [3.63, 3.8) is 0 Å². The van der Waals surface area contributed by atoms with Crippen LogP contribution in [0.3, 0.4) is 0 Å². The summed E-state index contributed by atoms with van der Waals surface area (Å²) in [6.45, 7) is 7.14. The summed E-state index contributed by atoms with van der Waals surface area (Å²) in [7, 11) is 0. The van der Waals surface area contributed by atoms with E-state index in [2.05, 4.69) is 25.8 Å². The lowest BCUT2D eigenvalue weighted by atomic mass is 9.92. The summed E-state index contributed by atoms with van der Waals surface area (Å²) >= 11 is 1.60. The molecular weight excluding hydrogens is 184 g/mol. The molecule has 0 bridgehead atoms. The first-order valence-corrected chi connectivity index (χ1v) is 5.18. The van der Waals surface area contributed by atoms with Crippen LogP contribution in [-0.2, 0) is 0 Å². The molecule has 0 aliphatic rings. The Morgan fingerprint density at radius 1 is 1.62 bits per heavy atom. The van der Waals surface area contributed by atoms with Gasteiger partial charge in [-0.15, -0.1) is 0 Å². The fourth-order valence-electron chi connectivity index (χ4n) is 0.969. The molecule has 1 aromatic rings. The molecule has 0 aliphatic carbocycles. The van der Waals surface area contributed by atoms with Crippen LogP contribution in [-0.4, -0.2) is 16.8 Å². The molecule has 1 atom stereocenters. The molecule has 0 saturated heterocycles. The molecule has 74 valence electrons. The molecule has 4 heteroatoms. The third-order valence-electron chi connectivity index (χ3n) is 1.83. The van der Waals surface area contributed by atoms with E-state index in [1.54, 1.807) is 24.2 Å². The van der Waals surface area contributed by atoms with Gasteiger partial charge in [0.2, 0.25) is 0 Å². The number of aromatic nitrogens is 1. The largest absolute Gasteiger partial charge is 0.440 e. The van der Waals surface area contributed by atoms with Crippen molar-refractivity contribution in [3.8, 4) is 0 Å². The van der Waals surface area contributed by atoms with E-state index in [0.717, 1.165) is 0 Å². The zero-order valence-electron chi connectivity index (χ0n) is 8.28. The minimum atomic E-state index is 0.174. The van der Waals surface area contributed by atoms with E-state index in [1.165, 1.54) is 0 Å². The van der Waals surface area contributed by atoms with Gasteiger partial charge in [0.05, 0.1) is 6.20 Å². The van der Waals surface area contributed by atoms with Crippen molar-refractivity contribution in [2.45, 2.75) is 31.2 Å². The van der Waals surface area contributed by atoms with Gasteiger partial charge in [0.25, 0.3) is 5.22 Å². The second kappa shape index (κ2) is 4.15. The summed E-state index contributed by atoms with van der Waals surface area (Å²) in [5, 5.41) is 1.04. The van der Waals surface area contributed by atoms with Crippen LogP contribution in [0.1, 0.15) is 20.8 Å². The van der Waals surface area contributed by atoms with E-state index in [1.807, 2.05) is 0 Å². The average molecular weight is 200 g/mol. The second-order valence-corrected chi connectivity index (χ2v) is 5.16. The third-order valence-corrected chi connectivity index (χ3v) is 3.42. The molecule has 0 radical (unpaired) electrons. The number of hydrogen-bond donors (Lipinski definition) is 1. The van der Waals surface area contributed by atoms with E-state index in [-0.39, 0.29) is 5.41 Å². The van der Waals surface area contributed by atoms with Crippen molar-refractivity contribution >= 4 is 11.8 Å². The van der Waals surface area contributed by atoms with E-state index < -0.39 is 0 Å². The van der Waals surface area contributed by atoms with Crippen LogP contribution >= 0.6 is 11.8 Å². The maximum Gasteiger partial charge on any atom is 0.255 e. The van der Waals surface area contributed by atoms with Gasteiger partial charge in [0.1, 0.15) is 6.26 Å². The molecule has 1 aromatic heterocycles. The third kappa shape index (κ3) is 3.04. The maximum atomic E-state index is 5.69. The molecule has 0 aliphatic heterocycles. The summed E-state index contributed by atoms with van der Waals surface area (Å²) in [5.41, 5.74) is 5.86. The van der Waals surface area contributed by atoms with Crippen LogP contribution in [0.25, 0.3) is 0 Å². The van der Waals surface area contributed by atoms with E-state index in [4.69, 9.17) is 10.2 Å². The van der Waals surface area contributed by atoms with E-state index in [9.17, 15) is 0 Å². The SMILES string of the molecule is CC(C)(C)C(CN)Sc1ncco1. The molecule has 0 fully saturated rings. The summed E-state index contributed by atoms with van der Waals surface area (Å²) < 4.78 is 5.16. The normalized spacial score (nSPS) is 14.5. The molecule has 0 saturated carbocycles. The van der Waals surface area contributed by atoms with Crippen molar-refractivity contribution < 1.29 is 4.42 Å². The Kier molecular flexibility index (Phi) is 3.39. The van der Waals surface area contributed by atoms with Gasteiger partial charge in [-0.25, -0.2) is 4.98 Å². The topological polar surface area (TPSA) is 52.0 Å². The molecular formula is C9H16N2OS. The van der Waals surface area contributed by atoms with Crippen molar-refractivity contribution in [1.82, 2.24) is 4.98 Å². The summed E-state index contributed by atoms with van der Waals surface area (Å²) in [4.78, 5) is 4.06. The Labute approximate surface area is 83.1 Å². The van der Waals surface area contributed by atoms with Crippen LogP contribution in [0.2, 0.25) is 0 Å². The van der Waals surface area contributed by atoms with Crippen LogP contribution in [0.4, 0.5) is 0 Å². The zero-order chi connectivity index (χ0) is 9.90. The minimum Gasteiger partial charge on any atom is -0.440 e. The predicted octanol–water partition coefficient (Wildman–Crippen LogP) is 2.14. The molecule has 0 aromatic carbocycles. The number of rotatable bonds is 3. The Morgan fingerprint density at radius 2 is 2.31 bits per heavy atom. The highest BCUT2D eigenvalue weighted by Crippen LogP contribution is 2.33.